The van der Waals surface area contributed by atoms with E-state index in [1.165, 1.54) is 11.8 Å². The quantitative estimate of drug-likeness (QED) is 0.584. The van der Waals surface area contributed by atoms with Crippen LogP contribution in [0.25, 0.3) is 0 Å². The first-order valence-electron chi connectivity index (χ1n) is 9.13. The molecular weight excluding hydrogens is 378 g/mol. The molecule has 2 aromatic heterocycles. The fourth-order valence-electron chi connectivity index (χ4n) is 3.91. The largest absolute Gasteiger partial charge is 0.343 e. The lowest BCUT2D eigenvalue weighted by Gasteiger charge is -2.38. The number of ketones is 1. The molecule has 0 saturated carbocycles. The number of thiophene rings is 1. The predicted molar refractivity (Wildman–Crippen MR) is 111 cm³/mol. The third kappa shape index (κ3) is 3.38. The first kappa shape index (κ1) is 18.5. The lowest BCUT2D eigenvalue weighted by molar-refractivity contribution is -0.118. The number of fused-ring (bicyclic) bond motifs is 1. The number of aromatic nitrogens is 2. The van der Waals surface area contributed by atoms with Crippen LogP contribution in [0.5, 0.6) is 0 Å². The minimum atomic E-state index is -0.339. The van der Waals surface area contributed by atoms with Crippen molar-refractivity contribution in [3.63, 3.8) is 0 Å². The summed E-state index contributed by atoms with van der Waals surface area (Å²) >= 11 is 3.10. The van der Waals surface area contributed by atoms with Gasteiger partial charge >= 0.3 is 0 Å². The molecule has 0 spiro atoms. The molecule has 0 unspecified atom stereocenters. The molecule has 2 aliphatic rings. The minimum Gasteiger partial charge on any atom is -0.343 e. The summed E-state index contributed by atoms with van der Waals surface area (Å²) in [5.74, 6) is 0.372. The molecule has 1 atom stereocenters. The van der Waals surface area contributed by atoms with Crippen LogP contribution in [-0.4, -0.2) is 21.0 Å². The van der Waals surface area contributed by atoms with Crippen molar-refractivity contribution in [3.8, 4) is 0 Å². The summed E-state index contributed by atoms with van der Waals surface area (Å²) in [5, 5.41) is 6.26. The molecule has 2 N–H and O–H groups in total. The molecule has 3 heterocycles. The Balaban J connectivity index is 1.91. The monoisotopic (exact) mass is 401 g/mol. The van der Waals surface area contributed by atoms with E-state index in [9.17, 15) is 9.59 Å². The van der Waals surface area contributed by atoms with Crippen LogP contribution in [0, 0.1) is 5.41 Å². The van der Waals surface area contributed by atoms with Gasteiger partial charge in [0.25, 0.3) is 5.56 Å². The SMILES string of the molecule is CC(C)Sc1nc2c(c(=O)[nH]1)[C@@H](c1cccs1)C1=C(CC(C)(C)CC1=O)N2. The normalized spacial score (nSPS) is 21.1. The van der Waals surface area contributed by atoms with Gasteiger partial charge in [-0.1, -0.05) is 45.5 Å². The van der Waals surface area contributed by atoms with Gasteiger partial charge in [-0.05, 0) is 23.3 Å². The van der Waals surface area contributed by atoms with Gasteiger partial charge < -0.3 is 10.3 Å². The van der Waals surface area contributed by atoms with E-state index in [0.717, 1.165) is 22.6 Å². The van der Waals surface area contributed by atoms with Gasteiger partial charge in [-0.2, -0.15) is 0 Å². The number of carbonyl (C=O) groups excluding carboxylic acids is 1. The van der Waals surface area contributed by atoms with Crippen LogP contribution in [0.3, 0.4) is 0 Å². The van der Waals surface area contributed by atoms with Crippen LogP contribution in [0.1, 0.15) is 56.9 Å². The van der Waals surface area contributed by atoms with Gasteiger partial charge in [0, 0.05) is 27.8 Å². The molecule has 0 radical (unpaired) electrons. The maximum Gasteiger partial charge on any atom is 0.257 e. The average Bonchev–Trinajstić information content (AvgIpc) is 3.04. The van der Waals surface area contributed by atoms with Crippen LogP contribution in [0.4, 0.5) is 5.82 Å². The number of anilines is 1. The highest BCUT2D eigenvalue weighted by Gasteiger charge is 2.42. The van der Waals surface area contributed by atoms with E-state index in [0.29, 0.717) is 28.2 Å². The van der Waals surface area contributed by atoms with Crippen LogP contribution in [0.2, 0.25) is 0 Å². The first-order chi connectivity index (χ1) is 12.7. The molecule has 1 aliphatic heterocycles. The summed E-state index contributed by atoms with van der Waals surface area (Å²) in [5.41, 5.74) is 1.94. The minimum absolute atomic E-state index is 0.100. The molecule has 2 aromatic rings. The van der Waals surface area contributed by atoms with Gasteiger partial charge in [-0.15, -0.1) is 11.3 Å². The second kappa shape index (κ2) is 6.63. The number of hydrogen-bond donors (Lipinski definition) is 2. The predicted octanol–water partition coefficient (Wildman–Crippen LogP) is 4.53. The lowest BCUT2D eigenvalue weighted by Crippen LogP contribution is -2.36. The summed E-state index contributed by atoms with van der Waals surface area (Å²) in [6, 6.07) is 3.96. The standard InChI is InChI=1S/C20H23N3O2S2/c1-10(2)27-19-22-17-16(18(25)23-19)15(13-6-5-7-26-13)14-11(21-17)8-20(3,4)9-12(14)24/h5-7,10,15H,8-9H2,1-4H3,(H2,21,22,23,25)/t15-/m0/s1. The Kier molecular flexibility index (Phi) is 4.55. The van der Waals surface area contributed by atoms with Crippen molar-refractivity contribution in [2.24, 2.45) is 5.41 Å². The number of Topliss-reactive ketones (excluding diaryl/α,β-unsaturated/α-hetero) is 1. The summed E-state index contributed by atoms with van der Waals surface area (Å²) in [7, 11) is 0. The van der Waals surface area contributed by atoms with E-state index >= 15 is 0 Å². The first-order valence-corrected chi connectivity index (χ1v) is 10.9. The van der Waals surface area contributed by atoms with Crippen molar-refractivity contribution in [2.45, 2.75) is 56.9 Å². The molecule has 142 valence electrons. The van der Waals surface area contributed by atoms with Crippen molar-refractivity contribution in [2.75, 3.05) is 5.32 Å². The second-order valence-electron chi connectivity index (χ2n) is 8.21. The van der Waals surface area contributed by atoms with E-state index in [1.807, 2.05) is 17.5 Å². The van der Waals surface area contributed by atoms with Crippen molar-refractivity contribution in [1.29, 1.82) is 0 Å². The van der Waals surface area contributed by atoms with Crippen molar-refractivity contribution in [1.82, 2.24) is 9.97 Å². The van der Waals surface area contributed by atoms with Gasteiger partial charge in [0.15, 0.2) is 10.9 Å². The van der Waals surface area contributed by atoms with E-state index in [4.69, 9.17) is 4.98 Å². The zero-order chi connectivity index (χ0) is 19.3. The van der Waals surface area contributed by atoms with E-state index < -0.39 is 0 Å². The van der Waals surface area contributed by atoms with Crippen molar-refractivity contribution >= 4 is 34.7 Å². The molecule has 0 fully saturated rings. The van der Waals surface area contributed by atoms with Crippen molar-refractivity contribution in [3.05, 3.63) is 49.6 Å². The Hall–Kier alpha value is -1.86. The van der Waals surface area contributed by atoms with Gasteiger partial charge in [0.1, 0.15) is 5.82 Å². The molecule has 27 heavy (non-hydrogen) atoms. The summed E-state index contributed by atoms with van der Waals surface area (Å²) < 4.78 is 0. The Morgan fingerprint density at radius 2 is 2.07 bits per heavy atom. The summed E-state index contributed by atoms with van der Waals surface area (Å²) in [6.07, 6.45) is 1.27. The highest BCUT2D eigenvalue weighted by molar-refractivity contribution is 7.99. The molecule has 0 bridgehead atoms. The van der Waals surface area contributed by atoms with Crippen molar-refractivity contribution < 1.29 is 4.79 Å². The molecule has 7 heteroatoms. The Bertz CT molecular complexity index is 987. The molecule has 1 aliphatic carbocycles. The maximum absolute atomic E-state index is 13.1. The van der Waals surface area contributed by atoms with Gasteiger partial charge in [0.2, 0.25) is 0 Å². The number of carbonyl (C=O) groups is 1. The highest BCUT2D eigenvalue weighted by atomic mass is 32.2. The topological polar surface area (TPSA) is 74.8 Å². The summed E-state index contributed by atoms with van der Waals surface area (Å²) in [6.45, 7) is 8.35. The molecule has 0 amide bonds. The molecule has 0 saturated heterocycles. The van der Waals surface area contributed by atoms with E-state index in [2.05, 4.69) is 38.0 Å². The number of H-pyrrole nitrogens is 1. The van der Waals surface area contributed by atoms with Crippen LogP contribution in [-0.2, 0) is 4.79 Å². The Labute approximate surface area is 166 Å². The average molecular weight is 402 g/mol. The third-order valence-corrected chi connectivity index (χ3v) is 6.70. The zero-order valence-corrected chi connectivity index (χ0v) is 17.5. The number of rotatable bonds is 3. The van der Waals surface area contributed by atoms with Gasteiger partial charge in [0.05, 0.1) is 11.5 Å². The fraction of sp³-hybridized carbons (Fsp3) is 0.450. The smallest absolute Gasteiger partial charge is 0.257 e. The Morgan fingerprint density at radius 3 is 2.74 bits per heavy atom. The molecular formula is C20H23N3O2S2. The zero-order valence-electron chi connectivity index (χ0n) is 15.9. The lowest BCUT2D eigenvalue weighted by atomic mass is 9.70. The number of hydrogen-bond acceptors (Lipinski definition) is 6. The van der Waals surface area contributed by atoms with Gasteiger partial charge in [-0.25, -0.2) is 4.98 Å². The number of nitrogens with zero attached hydrogens (tertiary/aromatic N) is 1. The maximum atomic E-state index is 13.1. The highest BCUT2D eigenvalue weighted by Crippen LogP contribution is 2.48. The van der Waals surface area contributed by atoms with Crippen LogP contribution >= 0.6 is 23.1 Å². The van der Waals surface area contributed by atoms with Crippen LogP contribution in [0.15, 0.2) is 38.7 Å². The fourth-order valence-corrected chi connectivity index (χ4v) is 5.50. The molecule has 5 nitrogen and oxygen atoms in total. The van der Waals surface area contributed by atoms with E-state index in [1.54, 1.807) is 11.3 Å². The molecule has 4 rings (SSSR count). The Morgan fingerprint density at radius 1 is 1.30 bits per heavy atom. The van der Waals surface area contributed by atoms with E-state index in [-0.39, 0.29) is 22.7 Å². The number of allylic oxidation sites excluding steroid dienone is 2. The van der Waals surface area contributed by atoms with Crippen LogP contribution < -0.4 is 10.9 Å². The van der Waals surface area contributed by atoms with Gasteiger partial charge in [-0.3, -0.25) is 9.59 Å². The second-order valence-corrected chi connectivity index (χ2v) is 10.8. The third-order valence-electron chi connectivity index (χ3n) is 4.88. The number of nitrogens with one attached hydrogen (secondary N) is 2. The summed E-state index contributed by atoms with van der Waals surface area (Å²) in [4.78, 5) is 34.7. The number of aromatic amines is 1. The number of thioether (sulfide) groups is 1. The molecule has 0 aromatic carbocycles.